The van der Waals surface area contributed by atoms with Crippen LogP contribution >= 0.6 is 0 Å². The Balaban J connectivity index is 2.03. The molecular formula is C16H15N3O2. The van der Waals surface area contributed by atoms with Crippen LogP contribution in [0.15, 0.2) is 60.0 Å². The summed E-state index contributed by atoms with van der Waals surface area (Å²) >= 11 is 0. The number of nitrogens with zero attached hydrogens (tertiary/aromatic N) is 3. The van der Waals surface area contributed by atoms with Crippen molar-refractivity contribution >= 4 is 11.8 Å². The third kappa shape index (κ3) is 2.27. The van der Waals surface area contributed by atoms with E-state index in [1.165, 1.54) is 11.9 Å². The summed E-state index contributed by atoms with van der Waals surface area (Å²) in [6, 6.07) is 13.2. The monoisotopic (exact) mass is 281 g/mol. The average molecular weight is 281 g/mol. The number of benzene rings is 1. The van der Waals surface area contributed by atoms with Gasteiger partial charge in [-0.2, -0.15) is 5.01 Å². The van der Waals surface area contributed by atoms with Crippen LogP contribution in [0.5, 0.6) is 0 Å². The van der Waals surface area contributed by atoms with Gasteiger partial charge in [0, 0.05) is 37.4 Å². The van der Waals surface area contributed by atoms with Crippen LogP contribution in [0.1, 0.15) is 25.0 Å². The van der Waals surface area contributed by atoms with Crippen molar-refractivity contribution in [2.45, 2.75) is 19.6 Å². The van der Waals surface area contributed by atoms with Crippen molar-refractivity contribution in [2.24, 2.45) is 5.10 Å². The Bertz CT molecular complexity index is 685. The van der Waals surface area contributed by atoms with Gasteiger partial charge in [0.15, 0.2) is 0 Å². The number of hydrazone groups is 1. The number of ether oxygens (including phenoxy) is 1. The highest BCUT2D eigenvalue weighted by molar-refractivity contribution is 5.96. The SMILES string of the molecule is CC(=O)N1N=C(c2ccncc2)OC1(C)c1ccccc1. The van der Waals surface area contributed by atoms with Gasteiger partial charge in [0.2, 0.25) is 17.5 Å². The van der Waals surface area contributed by atoms with E-state index in [-0.39, 0.29) is 5.91 Å². The Labute approximate surface area is 122 Å². The first-order valence-corrected chi connectivity index (χ1v) is 6.65. The Morgan fingerprint density at radius 1 is 1.14 bits per heavy atom. The van der Waals surface area contributed by atoms with Gasteiger partial charge in [-0.25, -0.2) is 0 Å². The van der Waals surface area contributed by atoms with E-state index in [1.807, 2.05) is 37.3 Å². The lowest BCUT2D eigenvalue weighted by molar-refractivity contribution is -0.146. The first-order chi connectivity index (χ1) is 10.1. The molecule has 0 radical (unpaired) electrons. The van der Waals surface area contributed by atoms with Crippen LogP contribution in [-0.2, 0) is 15.3 Å². The minimum Gasteiger partial charge on any atom is -0.443 e. The molecule has 21 heavy (non-hydrogen) atoms. The summed E-state index contributed by atoms with van der Waals surface area (Å²) in [6.45, 7) is 3.31. The van der Waals surface area contributed by atoms with Crippen LogP contribution < -0.4 is 0 Å². The van der Waals surface area contributed by atoms with E-state index in [4.69, 9.17) is 4.74 Å². The molecule has 2 heterocycles. The van der Waals surface area contributed by atoms with Crippen LogP contribution in [0.25, 0.3) is 0 Å². The van der Waals surface area contributed by atoms with Gasteiger partial charge in [0.05, 0.1) is 0 Å². The molecule has 1 aliphatic rings. The molecule has 1 aromatic carbocycles. The minimum atomic E-state index is -0.939. The van der Waals surface area contributed by atoms with Crippen LogP contribution in [0.4, 0.5) is 0 Å². The van der Waals surface area contributed by atoms with Crippen LogP contribution in [0, 0.1) is 0 Å². The maximum absolute atomic E-state index is 11.9. The van der Waals surface area contributed by atoms with Crippen molar-refractivity contribution in [3.63, 3.8) is 0 Å². The molecule has 1 aromatic heterocycles. The fourth-order valence-corrected chi connectivity index (χ4v) is 2.35. The van der Waals surface area contributed by atoms with Gasteiger partial charge in [0.25, 0.3) is 0 Å². The van der Waals surface area contributed by atoms with Gasteiger partial charge in [-0.05, 0) is 12.1 Å². The first-order valence-electron chi connectivity index (χ1n) is 6.65. The zero-order valence-corrected chi connectivity index (χ0v) is 11.9. The number of aromatic nitrogens is 1. The van der Waals surface area contributed by atoms with Gasteiger partial charge in [-0.15, -0.1) is 5.10 Å². The summed E-state index contributed by atoms with van der Waals surface area (Å²) in [6.07, 6.45) is 3.33. The quantitative estimate of drug-likeness (QED) is 0.849. The molecular weight excluding hydrogens is 266 g/mol. The molecule has 2 aromatic rings. The van der Waals surface area contributed by atoms with Crippen LogP contribution in [0.3, 0.4) is 0 Å². The van der Waals surface area contributed by atoms with Crippen molar-refractivity contribution in [1.29, 1.82) is 0 Å². The summed E-state index contributed by atoms with van der Waals surface area (Å²) in [5.74, 6) is 0.240. The molecule has 5 nitrogen and oxygen atoms in total. The smallest absolute Gasteiger partial charge is 0.243 e. The first kappa shape index (κ1) is 13.3. The Kier molecular flexibility index (Phi) is 3.17. The lowest BCUT2D eigenvalue weighted by Crippen LogP contribution is -2.41. The molecule has 1 atom stereocenters. The van der Waals surface area contributed by atoms with Crippen LogP contribution in [0.2, 0.25) is 0 Å². The van der Waals surface area contributed by atoms with E-state index in [1.54, 1.807) is 24.5 Å². The van der Waals surface area contributed by atoms with Crippen molar-refractivity contribution in [2.75, 3.05) is 0 Å². The van der Waals surface area contributed by atoms with Gasteiger partial charge < -0.3 is 4.74 Å². The molecule has 0 aliphatic carbocycles. The van der Waals surface area contributed by atoms with Crippen molar-refractivity contribution in [3.05, 3.63) is 66.0 Å². The van der Waals surface area contributed by atoms with E-state index in [0.29, 0.717) is 5.90 Å². The molecule has 3 rings (SSSR count). The van der Waals surface area contributed by atoms with Crippen molar-refractivity contribution < 1.29 is 9.53 Å². The molecule has 0 saturated carbocycles. The van der Waals surface area contributed by atoms with Gasteiger partial charge in [0.1, 0.15) is 0 Å². The lowest BCUT2D eigenvalue weighted by atomic mass is 10.0. The largest absolute Gasteiger partial charge is 0.443 e. The van der Waals surface area contributed by atoms with Gasteiger partial charge in [-0.1, -0.05) is 30.3 Å². The topological polar surface area (TPSA) is 54.8 Å². The van der Waals surface area contributed by atoms with E-state index in [2.05, 4.69) is 10.1 Å². The molecule has 0 fully saturated rings. The summed E-state index contributed by atoms with van der Waals surface area (Å²) in [5.41, 5.74) is 0.718. The van der Waals surface area contributed by atoms with Crippen molar-refractivity contribution in [1.82, 2.24) is 9.99 Å². The second-order valence-electron chi connectivity index (χ2n) is 4.92. The van der Waals surface area contributed by atoms with E-state index >= 15 is 0 Å². The zero-order chi connectivity index (χ0) is 14.9. The molecule has 1 unspecified atom stereocenters. The number of carbonyl (C=O) groups excluding carboxylic acids is 1. The van der Waals surface area contributed by atoms with E-state index in [9.17, 15) is 4.79 Å². The predicted molar refractivity (Wildman–Crippen MR) is 78.2 cm³/mol. The molecule has 1 aliphatic heterocycles. The summed E-state index contributed by atoms with van der Waals surface area (Å²) in [7, 11) is 0. The van der Waals surface area contributed by atoms with Gasteiger partial charge >= 0.3 is 0 Å². The molecule has 0 spiro atoms. The number of hydrogen-bond donors (Lipinski definition) is 0. The molecule has 5 heteroatoms. The number of hydrogen-bond acceptors (Lipinski definition) is 4. The number of amides is 1. The highest BCUT2D eigenvalue weighted by Gasteiger charge is 2.44. The third-order valence-electron chi connectivity index (χ3n) is 3.43. The van der Waals surface area contributed by atoms with Gasteiger partial charge in [-0.3, -0.25) is 9.78 Å². The fraction of sp³-hybridized carbons (Fsp3) is 0.188. The predicted octanol–water partition coefficient (Wildman–Crippen LogP) is 2.49. The average Bonchev–Trinajstić information content (AvgIpc) is 2.89. The maximum Gasteiger partial charge on any atom is 0.243 e. The summed E-state index contributed by atoms with van der Waals surface area (Å²) in [5, 5.41) is 5.71. The second-order valence-corrected chi connectivity index (χ2v) is 4.92. The fourth-order valence-electron chi connectivity index (χ4n) is 2.35. The number of pyridine rings is 1. The second kappa shape index (κ2) is 5.01. The van der Waals surface area contributed by atoms with E-state index < -0.39 is 5.72 Å². The third-order valence-corrected chi connectivity index (χ3v) is 3.43. The summed E-state index contributed by atoms with van der Waals surface area (Å²) in [4.78, 5) is 15.9. The highest BCUT2D eigenvalue weighted by atomic mass is 16.6. The Morgan fingerprint density at radius 2 is 1.81 bits per heavy atom. The Hall–Kier alpha value is -2.69. The molecule has 0 bridgehead atoms. The van der Waals surface area contributed by atoms with E-state index in [0.717, 1.165) is 11.1 Å². The molecule has 0 N–H and O–H groups in total. The van der Waals surface area contributed by atoms with Crippen molar-refractivity contribution in [3.8, 4) is 0 Å². The normalized spacial score (nSPS) is 20.9. The Morgan fingerprint density at radius 3 is 2.43 bits per heavy atom. The molecule has 1 amide bonds. The number of carbonyl (C=O) groups is 1. The standard InChI is InChI=1S/C16H15N3O2/c1-12(20)19-16(2,14-6-4-3-5-7-14)21-15(18-19)13-8-10-17-11-9-13/h3-11H,1-2H3. The highest BCUT2D eigenvalue weighted by Crippen LogP contribution is 2.36. The number of rotatable bonds is 2. The minimum absolute atomic E-state index is 0.176. The lowest BCUT2D eigenvalue weighted by Gasteiger charge is -2.30. The van der Waals surface area contributed by atoms with Crippen LogP contribution in [-0.4, -0.2) is 21.8 Å². The summed E-state index contributed by atoms with van der Waals surface area (Å²) < 4.78 is 6.02. The maximum atomic E-state index is 11.9. The zero-order valence-electron chi connectivity index (χ0n) is 11.9. The molecule has 106 valence electrons. The molecule has 0 saturated heterocycles.